The standard InChI is InChI=1S/C13H20Cl2N2O2S/c1-13(2,3)4-5-17-20(18,19)11-7-10(14)6-9(8-16)12(11)15/h6-7,17H,4-5,8,16H2,1-3H3. The van der Waals surface area contributed by atoms with E-state index >= 15 is 0 Å². The number of benzene rings is 1. The normalized spacial score (nSPS) is 12.7. The monoisotopic (exact) mass is 338 g/mol. The maximum atomic E-state index is 12.3. The molecule has 0 spiro atoms. The van der Waals surface area contributed by atoms with E-state index in [4.69, 9.17) is 28.9 Å². The van der Waals surface area contributed by atoms with Gasteiger partial charge in [0.05, 0.1) is 5.02 Å². The molecule has 4 nitrogen and oxygen atoms in total. The fourth-order valence-electron chi connectivity index (χ4n) is 1.60. The molecule has 0 aliphatic heterocycles. The molecule has 3 N–H and O–H groups in total. The Bertz CT molecular complexity index is 581. The summed E-state index contributed by atoms with van der Waals surface area (Å²) in [5.74, 6) is 0. The van der Waals surface area contributed by atoms with Gasteiger partial charge in [-0.2, -0.15) is 0 Å². The minimum absolute atomic E-state index is 0.0268. The summed E-state index contributed by atoms with van der Waals surface area (Å²) in [7, 11) is -3.69. The zero-order chi connectivity index (χ0) is 15.6. The van der Waals surface area contributed by atoms with Crippen LogP contribution >= 0.6 is 23.2 Å². The zero-order valence-electron chi connectivity index (χ0n) is 11.8. The first-order valence-corrected chi connectivity index (χ1v) is 8.48. The van der Waals surface area contributed by atoms with Crippen LogP contribution in [-0.4, -0.2) is 15.0 Å². The van der Waals surface area contributed by atoms with Crippen LogP contribution in [0.4, 0.5) is 0 Å². The highest BCUT2D eigenvalue weighted by Gasteiger charge is 2.21. The van der Waals surface area contributed by atoms with Crippen LogP contribution in [-0.2, 0) is 16.6 Å². The van der Waals surface area contributed by atoms with Gasteiger partial charge in [-0.1, -0.05) is 44.0 Å². The van der Waals surface area contributed by atoms with Crippen LogP contribution in [0.25, 0.3) is 0 Å². The van der Waals surface area contributed by atoms with Crippen molar-refractivity contribution in [1.29, 1.82) is 0 Å². The van der Waals surface area contributed by atoms with E-state index in [1.165, 1.54) is 6.07 Å². The van der Waals surface area contributed by atoms with E-state index in [9.17, 15) is 8.42 Å². The summed E-state index contributed by atoms with van der Waals surface area (Å²) in [6.45, 7) is 6.59. The molecule has 0 atom stereocenters. The molecule has 0 radical (unpaired) electrons. The van der Waals surface area contributed by atoms with Crippen molar-refractivity contribution in [2.75, 3.05) is 6.54 Å². The molecule has 0 aromatic heterocycles. The molecule has 0 amide bonds. The van der Waals surface area contributed by atoms with Gasteiger partial charge >= 0.3 is 0 Å². The molecule has 1 aromatic carbocycles. The summed E-state index contributed by atoms with van der Waals surface area (Å²) in [4.78, 5) is -0.0268. The van der Waals surface area contributed by atoms with Crippen LogP contribution in [0.5, 0.6) is 0 Å². The van der Waals surface area contributed by atoms with Crippen molar-refractivity contribution in [3.8, 4) is 0 Å². The molecule has 0 fully saturated rings. The van der Waals surface area contributed by atoms with Crippen LogP contribution in [0.2, 0.25) is 10.0 Å². The lowest BCUT2D eigenvalue weighted by atomic mass is 9.93. The maximum Gasteiger partial charge on any atom is 0.242 e. The third-order valence-electron chi connectivity index (χ3n) is 2.76. The molecular formula is C13H20Cl2N2O2S. The van der Waals surface area contributed by atoms with Crippen molar-refractivity contribution >= 4 is 33.2 Å². The minimum Gasteiger partial charge on any atom is -0.326 e. The minimum atomic E-state index is -3.69. The summed E-state index contributed by atoms with van der Waals surface area (Å²) in [5.41, 5.74) is 6.08. The quantitative estimate of drug-likeness (QED) is 0.865. The maximum absolute atomic E-state index is 12.3. The SMILES string of the molecule is CC(C)(C)CCNS(=O)(=O)c1cc(Cl)cc(CN)c1Cl. The second-order valence-electron chi connectivity index (χ2n) is 5.79. The third kappa shape index (κ3) is 4.90. The first-order valence-electron chi connectivity index (χ1n) is 6.24. The topological polar surface area (TPSA) is 72.2 Å². The van der Waals surface area contributed by atoms with Crippen molar-refractivity contribution < 1.29 is 8.42 Å². The molecule has 114 valence electrons. The van der Waals surface area contributed by atoms with Gasteiger partial charge in [0, 0.05) is 18.1 Å². The number of rotatable bonds is 5. The van der Waals surface area contributed by atoms with Crippen molar-refractivity contribution in [2.45, 2.75) is 38.6 Å². The average molecular weight is 339 g/mol. The Morgan fingerprint density at radius 3 is 2.35 bits per heavy atom. The Morgan fingerprint density at radius 1 is 1.25 bits per heavy atom. The van der Waals surface area contributed by atoms with Gasteiger partial charge in [-0.05, 0) is 29.5 Å². The highest BCUT2D eigenvalue weighted by molar-refractivity contribution is 7.89. The van der Waals surface area contributed by atoms with Gasteiger partial charge in [0.15, 0.2) is 0 Å². The highest BCUT2D eigenvalue weighted by atomic mass is 35.5. The van der Waals surface area contributed by atoms with Crippen LogP contribution in [0.3, 0.4) is 0 Å². The molecule has 0 aliphatic rings. The molecule has 0 aliphatic carbocycles. The van der Waals surface area contributed by atoms with E-state index in [0.717, 1.165) is 0 Å². The van der Waals surface area contributed by atoms with Gasteiger partial charge in [0.25, 0.3) is 0 Å². The van der Waals surface area contributed by atoms with E-state index in [1.54, 1.807) is 6.07 Å². The number of sulfonamides is 1. The van der Waals surface area contributed by atoms with Crippen LogP contribution < -0.4 is 10.5 Å². The van der Waals surface area contributed by atoms with Crippen LogP contribution in [0.15, 0.2) is 17.0 Å². The van der Waals surface area contributed by atoms with E-state index in [2.05, 4.69) is 4.72 Å². The molecule has 1 rings (SSSR count). The van der Waals surface area contributed by atoms with Crippen molar-refractivity contribution in [2.24, 2.45) is 11.1 Å². The van der Waals surface area contributed by atoms with Gasteiger partial charge in [-0.15, -0.1) is 0 Å². The Hall–Kier alpha value is -0.330. The first kappa shape index (κ1) is 17.7. The number of hydrogen-bond donors (Lipinski definition) is 2. The van der Waals surface area contributed by atoms with Gasteiger partial charge in [0.2, 0.25) is 10.0 Å². The Morgan fingerprint density at radius 2 is 1.85 bits per heavy atom. The average Bonchev–Trinajstić information content (AvgIpc) is 2.29. The number of halogens is 2. The molecular weight excluding hydrogens is 319 g/mol. The highest BCUT2D eigenvalue weighted by Crippen LogP contribution is 2.29. The molecule has 1 aromatic rings. The van der Waals surface area contributed by atoms with Crippen molar-refractivity contribution in [1.82, 2.24) is 4.72 Å². The third-order valence-corrected chi connectivity index (χ3v) is 5.02. The predicted octanol–water partition coefficient (Wildman–Crippen LogP) is 3.17. The van der Waals surface area contributed by atoms with E-state index in [0.29, 0.717) is 23.6 Å². The molecule has 0 heterocycles. The Labute approximate surface area is 130 Å². The lowest BCUT2D eigenvalue weighted by Crippen LogP contribution is -2.28. The number of nitrogens with one attached hydrogen (secondary N) is 1. The largest absolute Gasteiger partial charge is 0.326 e. The van der Waals surface area contributed by atoms with E-state index in [1.807, 2.05) is 20.8 Å². The van der Waals surface area contributed by atoms with Gasteiger partial charge in [0.1, 0.15) is 4.90 Å². The lowest BCUT2D eigenvalue weighted by molar-refractivity contribution is 0.378. The summed E-state index contributed by atoms with van der Waals surface area (Å²) >= 11 is 12.0. The van der Waals surface area contributed by atoms with Gasteiger partial charge in [-0.25, -0.2) is 13.1 Å². The summed E-state index contributed by atoms with van der Waals surface area (Å²) in [6.07, 6.45) is 0.716. The van der Waals surface area contributed by atoms with Crippen molar-refractivity contribution in [3.63, 3.8) is 0 Å². The summed E-state index contributed by atoms with van der Waals surface area (Å²) in [6, 6.07) is 2.90. The fourth-order valence-corrected chi connectivity index (χ4v) is 3.57. The van der Waals surface area contributed by atoms with Gasteiger partial charge in [-0.3, -0.25) is 0 Å². The summed E-state index contributed by atoms with van der Waals surface area (Å²) < 4.78 is 27.1. The Balaban J connectivity index is 3.01. The number of nitrogens with two attached hydrogens (primary N) is 1. The first-order chi connectivity index (χ1) is 9.07. The van der Waals surface area contributed by atoms with Gasteiger partial charge < -0.3 is 5.73 Å². The van der Waals surface area contributed by atoms with Crippen LogP contribution in [0, 0.1) is 5.41 Å². The second-order valence-corrected chi connectivity index (χ2v) is 8.34. The van der Waals surface area contributed by atoms with Crippen molar-refractivity contribution in [3.05, 3.63) is 27.7 Å². The molecule has 0 saturated heterocycles. The second kappa shape index (κ2) is 6.62. The smallest absolute Gasteiger partial charge is 0.242 e. The predicted molar refractivity (Wildman–Crippen MR) is 83.6 cm³/mol. The Kier molecular flexibility index (Phi) is 5.87. The molecule has 20 heavy (non-hydrogen) atoms. The summed E-state index contributed by atoms with van der Waals surface area (Å²) in [5, 5.41) is 0.422. The fraction of sp³-hybridized carbons (Fsp3) is 0.538. The van der Waals surface area contributed by atoms with E-state index < -0.39 is 10.0 Å². The molecule has 0 unspecified atom stereocenters. The number of hydrogen-bond acceptors (Lipinski definition) is 3. The van der Waals surface area contributed by atoms with Crippen LogP contribution in [0.1, 0.15) is 32.8 Å². The van der Waals surface area contributed by atoms with E-state index in [-0.39, 0.29) is 21.9 Å². The lowest BCUT2D eigenvalue weighted by Gasteiger charge is -2.18. The molecule has 0 saturated carbocycles. The molecule has 7 heteroatoms. The molecule has 0 bridgehead atoms. The zero-order valence-corrected chi connectivity index (χ0v) is 14.2.